The second-order valence-electron chi connectivity index (χ2n) is 8.88. The summed E-state index contributed by atoms with van der Waals surface area (Å²) in [6, 6.07) is 19.3. The Hall–Kier alpha value is -2.37. The molecule has 2 saturated heterocycles. The third-order valence-electron chi connectivity index (χ3n) is 6.74. The molecule has 0 unspecified atom stereocenters. The van der Waals surface area contributed by atoms with E-state index in [1.54, 1.807) is 7.11 Å². The molecule has 0 radical (unpaired) electrons. The zero-order valence-corrected chi connectivity index (χ0v) is 18.9. The van der Waals surface area contributed by atoms with Gasteiger partial charge in [-0.3, -0.25) is 9.69 Å². The fourth-order valence-electron chi connectivity index (χ4n) is 5.07. The van der Waals surface area contributed by atoms with Crippen LogP contribution in [0.25, 0.3) is 0 Å². The van der Waals surface area contributed by atoms with Gasteiger partial charge < -0.3 is 14.5 Å². The third-order valence-corrected chi connectivity index (χ3v) is 6.74. The first kappa shape index (κ1) is 21.8. The number of rotatable bonds is 6. The maximum atomic E-state index is 13.6. The minimum atomic E-state index is 0.0166. The van der Waals surface area contributed by atoms with E-state index in [9.17, 15) is 4.79 Å². The Kier molecular flexibility index (Phi) is 7.25. The largest absolute Gasteiger partial charge is 0.383 e. The monoisotopic (exact) mass is 421 g/mol. The Morgan fingerprint density at radius 3 is 2.48 bits per heavy atom. The lowest BCUT2D eigenvalue weighted by molar-refractivity contribution is -0.141. The highest BCUT2D eigenvalue weighted by molar-refractivity contribution is 5.80. The van der Waals surface area contributed by atoms with Crippen LogP contribution in [0, 0.1) is 12.8 Å². The van der Waals surface area contributed by atoms with Gasteiger partial charge in [0.25, 0.3) is 0 Å². The molecule has 4 rings (SSSR count). The minimum absolute atomic E-state index is 0.0166. The van der Waals surface area contributed by atoms with Crippen LogP contribution in [0.15, 0.2) is 54.6 Å². The number of hydrogen-bond donors (Lipinski definition) is 0. The summed E-state index contributed by atoms with van der Waals surface area (Å²) in [7, 11) is 1.75. The molecule has 31 heavy (non-hydrogen) atoms. The number of amides is 1. The third kappa shape index (κ3) is 5.28. The molecule has 0 spiro atoms. The number of benzene rings is 2. The van der Waals surface area contributed by atoms with Gasteiger partial charge in [0.2, 0.25) is 5.91 Å². The number of aryl methyl sites for hydroxylation is 1. The normalized spacial score (nSPS) is 22.5. The molecule has 0 saturated carbocycles. The lowest BCUT2D eigenvalue weighted by Crippen LogP contribution is -2.56. The zero-order chi connectivity index (χ0) is 21.6. The van der Waals surface area contributed by atoms with E-state index in [-0.39, 0.29) is 12.0 Å². The number of carbonyl (C=O) groups excluding carboxylic acids is 1. The second kappa shape index (κ2) is 10.3. The van der Waals surface area contributed by atoms with Gasteiger partial charge in [0.05, 0.1) is 12.5 Å². The molecular formula is C26H35N3O2. The summed E-state index contributed by atoms with van der Waals surface area (Å²) in [5.74, 6) is 0.326. The number of ether oxygens (including phenoxy) is 1. The highest BCUT2D eigenvalue weighted by Crippen LogP contribution is 2.28. The van der Waals surface area contributed by atoms with Crippen molar-refractivity contribution in [2.24, 2.45) is 5.92 Å². The standard InChI is InChI=1S/C26H35N3O2/c1-21-8-6-11-23(18-21)27-14-16-28(17-15-27)26(30)24-12-7-13-29(25(24)20-31-2)19-22-9-4-3-5-10-22/h3-6,8-11,18,24-25H,7,12-17,19-20H2,1-2H3/t24-,25-/m1/s1. The zero-order valence-electron chi connectivity index (χ0n) is 18.9. The molecule has 2 aromatic rings. The SMILES string of the molecule is COC[C@@H]1[C@H](C(=O)N2CCN(c3cccc(C)c3)CC2)CCCN1Cc1ccccc1. The second-order valence-corrected chi connectivity index (χ2v) is 8.88. The number of nitrogens with zero attached hydrogens (tertiary/aromatic N) is 3. The summed E-state index contributed by atoms with van der Waals surface area (Å²) in [4.78, 5) is 20.5. The van der Waals surface area contributed by atoms with Gasteiger partial charge in [-0.15, -0.1) is 0 Å². The average Bonchev–Trinajstić information content (AvgIpc) is 2.81. The van der Waals surface area contributed by atoms with Gasteiger partial charge in [0.15, 0.2) is 0 Å². The molecular weight excluding hydrogens is 386 g/mol. The van der Waals surface area contributed by atoms with Crippen molar-refractivity contribution < 1.29 is 9.53 Å². The molecule has 0 aliphatic carbocycles. The predicted molar refractivity (Wildman–Crippen MR) is 125 cm³/mol. The van der Waals surface area contributed by atoms with Crippen LogP contribution in [0.2, 0.25) is 0 Å². The number of likely N-dealkylation sites (tertiary alicyclic amines) is 1. The van der Waals surface area contributed by atoms with Crippen LogP contribution in [-0.4, -0.2) is 68.2 Å². The van der Waals surface area contributed by atoms with Crippen LogP contribution >= 0.6 is 0 Å². The summed E-state index contributed by atoms with van der Waals surface area (Å²) in [5, 5.41) is 0. The molecule has 1 amide bonds. The number of anilines is 1. The Morgan fingerprint density at radius 2 is 1.77 bits per heavy atom. The topological polar surface area (TPSA) is 36.0 Å². The van der Waals surface area contributed by atoms with Crippen molar-refractivity contribution in [3.05, 3.63) is 65.7 Å². The number of methoxy groups -OCH3 is 1. The van der Waals surface area contributed by atoms with Crippen molar-refractivity contribution in [2.75, 3.05) is 51.3 Å². The Balaban J connectivity index is 1.40. The molecule has 5 nitrogen and oxygen atoms in total. The van der Waals surface area contributed by atoms with Crippen molar-refractivity contribution in [3.63, 3.8) is 0 Å². The molecule has 0 bridgehead atoms. The van der Waals surface area contributed by atoms with Gasteiger partial charge in [-0.25, -0.2) is 0 Å². The van der Waals surface area contributed by atoms with Crippen molar-refractivity contribution in [1.29, 1.82) is 0 Å². The highest BCUT2D eigenvalue weighted by atomic mass is 16.5. The van der Waals surface area contributed by atoms with E-state index in [1.807, 2.05) is 0 Å². The lowest BCUT2D eigenvalue weighted by atomic mass is 9.87. The molecule has 2 heterocycles. The highest BCUT2D eigenvalue weighted by Gasteiger charge is 2.38. The molecule has 0 N–H and O–H groups in total. The summed E-state index contributed by atoms with van der Waals surface area (Å²) < 4.78 is 5.58. The Morgan fingerprint density at radius 1 is 1.00 bits per heavy atom. The summed E-state index contributed by atoms with van der Waals surface area (Å²) >= 11 is 0. The average molecular weight is 422 g/mol. The summed E-state index contributed by atoms with van der Waals surface area (Å²) in [5.41, 5.74) is 3.83. The van der Waals surface area contributed by atoms with Crippen LogP contribution in [0.5, 0.6) is 0 Å². The van der Waals surface area contributed by atoms with Crippen LogP contribution < -0.4 is 4.90 Å². The van der Waals surface area contributed by atoms with Crippen molar-refractivity contribution in [1.82, 2.24) is 9.80 Å². The smallest absolute Gasteiger partial charge is 0.227 e. The summed E-state index contributed by atoms with van der Waals surface area (Å²) in [6.07, 6.45) is 2.02. The van der Waals surface area contributed by atoms with Crippen LogP contribution in [0.1, 0.15) is 24.0 Å². The molecule has 166 valence electrons. The fraction of sp³-hybridized carbons (Fsp3) is 0.500. The first-order valence-corrected chi connectivity index (χ1v) is 11.5. The molecule has 2 atom stereocenters. The summed E-state index contributed by atoms with van der Waals surface area (Å²) in [6.45, 7) is 8.00. The van der Waals surface area contributed by atoms with Crippen molar-refractivity contribution >= 4 is 11.6 Å². The van der Waals surface area contributed by atoms with Gasteiger partial charge in [0, 0.05) is 51.6 Å². The van der Waals surface area contributed by atoms with Crippen molar-refractivity contribution in [2.45, 2.75) is 32.4 Å². The van der Waals surface area contributed by atoms with Gasteiger partial charge in [-0.1, -0.05) is 42.5 Å². The van der Waals surface area contributed by atoms with E-state index in [0.717, 1.165) is 52.1 Å². The van der Waals surface area contributed by atoms with Gasteiger partial charge in [-0.05, 0) is 49.6 Å². The van der Waals surface area contributed by atoms with E-state index in [2.05, 4.69) is 76.2 Å². The van der Waals surface area contributed by atoms with Crippen molar-refractivity contribution in [3.8, 4) is 0 Å². The lowest BCUT2D eigenvalue weighted by Gasteiger charge is -2.44. The molecule has 2 aliphatic rings. The quantitative estimate of drug-likeness (QED) is 0.714. The number of carbonyl (C=O) groups is 1. The molecule has 0 aromatic heterocycles. The number of piperidine rings is 1. The Bertz CT molecular complexity index is 849. The van der Waals surface area contributed by atoms with Crippen LogP contribution in [0.3, 0.4) is 0 Å². The predicted octanol–water partition coefficient (Wildman–Crippen LogP) is 3.57. The van der Waals surface area contributed by atoms with E-state index < -0.39 is 0 Å². The van der Waals surface area contributed by atoms with E-state index in [0.29, 0.717) is 12.5 Å². The molecule has 2 aromatic carbocycles. The number of hydrogen-bond acceptors (Lipinski definition) is 4. The first-order valence-electron chi connectivity index (χ1n) is 11.5. The van der Waals surface area contributed by atoms with E-state index in [1.165, 1.54) is 16.8 Å². The first-order chi connectivity index (χ1) is 15.2. The Labute approximate surface area is 186 Å². The minimum Gasteiger partial charge on any atom is -0.383 e. The molecule has 5 heteroatoms. The maximum Gasteiger partial charge on any atom is 0.227 e. The van der Waals surface area contributed by atoms with Crippen LogP contribution in [0.4, 0.5) is 5.69 Å². The van der Waals surface area contributed by atoms with E-state index >= 15 is 0 Å². The molecule has 2 fully saturated rings. The maximum absolute atomic E-state index is 13.6. The van der Waals surface area contributed by atoms with Crippen LogP contribution in [-0.2, 0) is 16.1 Å². The molecule has 2 aliphatic heterocycles. The van der Waals surface area contributed by atoms with E-state index in [4.69, 9.17) is 4.74 Å². The van der Waals surface area contributed by atoms with Gasteiger partial charge >= 0.3 is 0 Å². The number of piperazine rings is 1. The van der Waals surface area contributed by atoms with Gasteiger partial charge in [0.1, 0.15) is 0 Å². The van der Waals surface area contributed by atoms with Gasteiger partial charge in [-0.2, -0.15) is 0 Å². The fourth-order valence-corrected chi connectivity index (χ4v) is 5.07.